The van der Waals surface area contributed by atoms with Crippen LogP contribution in [0.3, 0.4) is 0 Å². The molecule has 2 N–H and O–H groups in total. The Balaban J connectivity index is 1.59. The maximum absolute atomic E-state index is 12.5. The molecule has 0 atom stereocenters. The van der Waals surface area contributed by atoms with Crippen molar-refractivity contribution in [2.24, 2.45) is 0 Å². The van der Waals surface area contributed by atoms with E-state index in [2.05, 4.69) is 20.6 Å². The van der Waals surface area contributed by atoms with Gasteiger partial charge in [0.1, 0.15) is 0 Å². The molecule has 0 aliphatic rings. The number of aryl methyl sites for hydroxylation is 1. The second-order valence-corrected chi connectivity index (χ2v) is 5.32. The summed E-state index contributed by atoms with van der Waals surface area (Å²) in [5.41, 5.74) is 2.12. The van der Waals surface area contributed by atoms with Gasteiger partial charge in [-0.2, -0.15) is 0 Å². The van der Waals surface area contributed by atoms with Crippen molar-refractivity contribution in [2.75, 3.05) is 17.2 Å². The van der Waals surface area contributed by atoms with Crippen molar-refractivity contribution < 1.29 is 4.79 Å². The molecule has 1 amide bonds. The number of benzene rings is 1. The van der Waals surface area contributed by atoms with E-state index in [0.29, 0.717) is 11.3 Å². The minimum atomic E-state index is -0.152. The molecule has 0 radical (unpaired) electrons. The first kappa shape index (κ1) is 15.7. The Kier molecular flexibility index (Phi) is 5.19. The maximum atomic E-state index is 12.5. The van der Waals surface area contributed by atoms with Crippen LogP contribution in [0.15, 0.2) is 67.5 Å². The monoisotopic (exact) mass is 321 g/mol. The number of hydrogen-bond acceptors (Lipinski definition) is 4. The van der Waals surface area contributed by atoms with Gasteiger partial charge >= 0.3 is 0 Å². The van der Waals surface area contributed by atoms with Crippen LogP contribution in [0.25, 0.3) is 0 Å². The van der Waals surface area contributed by atoms with Gasteiger partial charge in [0.15, 0.2) is 0 Å². The summed E-state index contributed by atoms with van der Waals surface area (Å²) in [5, 5.41) is 6.19. The van der Waals surface area contributed by atoms with E-state index in [9.17, 15) is 4.79 Å². The highest BCUT2D eigenvalue weighted by molar-refractivity contribution is 6.07. The van der Waals surface area contributed by atoms with Crippen molar-refractivity contribution in [3.63, 3.8) is 0 Å². The predicted molar refractivity (Wildman–Crippen MR) is 94.0 cm³/mol. The molecule has 0 spiro atoms. The maximum Gasteiger partial charge on any atom is 0.257 e. The average Bonchev–Trinajstić information content (AvgIpc) is 3.13. The van der Waals surface area contributed by atoms with E-state index < -0.39 is 0 Å². The van der Waals surface area contributed by atoms with Gasteiger partial charge in [-0.15, -0.1) is 0 Å². The van der Waals surface area contributed by atoms with E-state index >= 15 is 0 Å². The molecule has 24 heavy (non-hydrogen) atoms. The zero-order chi connectivity index (χ0) is 16.6. The number of amides is 1. The number of carbonyl (C=O) groups excluding carboxylic acids is 1. The van der Waals surface area contributed by atoms with E-state index in [1.807, 2.05) is 41.1 Å². The van der Waals surface area contributed by atoms with Crippen LogP contribution in [0.4, 0.5) is 11.4 Å². The number of hydrogen-bond donors (Lipinski definition) is 2. The third-order valence-electron chi connectivity index (χ3n) is 3.56. The number of nitrogens with one attached hydrogen (secondary N) is 2. The molecule has 6 heteroatoms. The predicted octanol–water partition coefficient (Wildman–Crippen LogP) is 3.03. The smallest absolute Gasteiger partial charge is 0.257 e. The fraction of sp³-hybridized carbons (Fsp3) is 0.167. The van der Waals surface area contributed by atoms with Gasteiger partial charge in [0, 0.05) is 37.4 Å². The summed E-state index contributed by atoms with van der Waals surface area (Å²) in [5.74, 6) is -0.152. The first-order chi connectivity index (χ1) is 11.8. The highest BCUT2D eigenvalue weighted by atomic mass is 16.1. The molecule has 3 aromatic rings. The molecule has 0 bridgehead atoms. The molecule has 2 aromatic heterocycles. The standard InChI is InChI=1S/C18H19N5O/c24-18(22-15-5-3-8-19-13-15)16-6-1-2-7-17(16)21-9-4-11-23-12-10-20-14-23/h1-3,5-8,10,12-14,21H,4,9,11H2,(H,22,24). The number of nitrogens with zero attached hydrogens (tertiary/aromatic N) is 3. The van der Waals surface area contributed by atoms with Crippen LogP contribution >= 0.6 is 0 Å². The van der Waals surface area contributed by atoms with Crippen molar-refractivity contribution in [3.05, 3.63) is 73.1 Å². The summed E-state index contributed by atoms with van der Waals surface area (Å²) in [6.45, 7) is 1.66. The molecular formula is C18H19N5O. The molecule has 1 aromatic carbocycles. The molecule has 0 saturated carbocycles. The van der Waals surface area contributed by atoms with Crippen LogP contribution in [0.1, 0.15) is 16.8 Å². The van der Waals surface area contributed by atoms with Gasteiger partial charge in [-0.1, -0.05) is 12.1 Å². The number of para-hydroxylation sites is 1. The van der Waals surface area contributed by atoms with Crippen molar-refractivity contribution in [2.45, 2.75) is 13.0 Å². The second-order valence-electron chi connectivity index (χ2n) is 5.32. The Hall–Kier alpha value is -3.15. The zero-order valence-corrected chi connectivity index (χ0v) is 13.2. The van der Waals surface area contributed by atoms with Crippen molar-refractivity contribution >= 4 is 17.3 Å². The highest BCUT2D eigenvalue weighted by Crippen LogP contribution is 2.17. The molecule has 3 rings (SSSR count). The molecule has 0 saturated heterocycles. The van der Waals surface area contributed by atoms with Gasteiger partial charge in [0.25, 0.3) is 5.91 Å². The normalized spacial score (nSPS) is 10.3. The van der Waals surface area contributed by atoms with E-state index in [4.69, 9.17) is 0 Å². The number of aromatic nitrogens is 3. The number of carbonyl (C=O) groups is 1. The van der Waals surface area contributed by atoms with E-state index in [1.165, 1.54) is 0 Å². The van der Waals surface area contributed by atoms with Gasteiger partial charge in [0.2, 0.25) is 0 Å². The fourth-order valence-corrected chi connectivity index (χ4v) is 2.37. The number of rotatable bonds is 7. The second kappa shape index (κ2) is 7.92. The Morgan fingerprint density at radius 3 is 2.79 bits per heavy atom. The van der Waals surface area contributed by atoms with Gasteiger partial charge < -0.3 is 15.2 Å². The lowest BCUT2D eigenvalue weighted by Crippen LogP contribution is -2.15. The quantitative estimate of drug-likeness (QED) is 0.656. The number of anilines is 2. The van der Waals surface area contributed by atoms with Crippen LogP contribution < -0.4 is 10.6 Å². The van der Waals surface area contributed by atoms with Crippen molar-refractivity contribution in [3.8, 4) is 0 Å². The molecule has 0 aliphatic heterocycles. The number of pyridine rings is 1. The first-order valence-corrected chi connectivity index (χ1v) is 7.83. The highest BCUT2D eigenvalue weighted by Gasteiger charge is 2.10. The summed E-state index contributed by atoms with van der Waals surface area (Å²) in [7, 11) is 0. The summed E-state index contributed by atoms with van der Waals surface area (Å²) in [4.78, 5) is 20.5. The largest absolute Gasteiger partial charge is 0.384 e. The summed E-state index contributed by atoms with van der Waals surface area (Å²) >= 11 is 0. The lowest BCUT2D eigenvalue weighted by atomic mass is 10.1. The Bertz CT molecular complexity index is 771. The summed E-state index contributed by atoms with van der Waals surface area (Å²) in [6.07, 6.45) is 9.75. The molecule has 6 nitrogen and oxygen atoms in total. The fourth-order valence-electron chi connectivity index (χ4n) is 2.37. The lowest BCUT2D eigenvalue weighted by molar-refractivity contribution is 0.102. The Labute approximate surface area is 140 Å². The SMILES string of the molecule is O=C(Nc1cccnc1)c1ccccc1NCCCn1ccnc1. The van der Waals surface area contributed by atoms with Gasteiger partial charge in [-0.25, -0.2) is 4.98 Å². The van der Waals surface area contributed by atoms with Gasteiger partial charge in [-0.3, -0.25) is 9.78 Å². The van der Waals surface area contributed by atoms with Crippen LogP contribution in [0.5, 0.6) is 0 Å². The van der Waals surface area contributed by atoms with Crippen LogP contribution in [-0.2, 0) is 6.54 Å². The average molecular weight is 321 g/mol. The number of imidazole rings is 1. The summed E-state index contributed by atoms with van der Waals surface area (Å²) < 4.78 is 2.03. The van der Waals surface area contributed by atoms with Crippen LogP contribution in [0.2, 0.25) is 0 Å². The lowest BCUT2D eigenvalue weighted by Gasteiger charge is -2.12. The van der Waals surface area contributed by atoms with E-state index in [-0.39, 0.29) is 5.91 Å². The van der Waals surface area contributed by atoms with Gasteiger partial charge in [0.05, 0.1) is 23.8 Å². The molecule has 0 aliphatic carbocycles. The third-order valence-corrected chi connectivity index (χ3v) is 3.56. The van der Waals surface area contributed by atoms with Crippen molar-refractivity contribution in [1.82, 2.24) is 14.5 Å². The topological polar surface area (TPSA) is 71.8 Å². The van der Waals surface area contributed by atoms with Crippen LogP contribution in [0, 0.1) is 0 Å². The first-order valence-electron chi connectivity index (χ1n) is 7.83. The van der Waals surface area contributed by atoms with Gasteiger partial charge in [-0.05, 0) is 30.7 Å². The molecule has 0 unspecified atom stereocenters. The zero-order valence-electron chi connectivity index (χ0n) is 13.2. The molecular weight excluding hydrogens is 302 g/mol. The summed E-state index contributed by atoms with van der Waals surface area (Å²) in [6, 6.07) is 11.1. The molecule has 122 valence electrons. The van der Waals surface area contributed by atoms with E-state index in [0.717, 1.165) is 25.2 Å². The van der Waals surface area contributed by atoms with Crippen LogP contribution in [-0.4, -0.2) is 27.0 Å². The minimum Gasteiger partial charge on any atom is -0.384 e. The van der Waals surface area contributed by atoms with Crippen molar-refractivity contribution in [1.29, 1.82) is 0 Å². The molecule has 0 fully saturated rings. The molecule has 2 heterocycles. The Morgan fingerprint density at radius 2 is 2.00 bits per heavy atom. The Morgan fingerprint density at radius 1 is 1.08 bits per heavy atom. The minimum absolute atomic E-state index is 0.152. The third kappa shape index (κ3) is 4.19. The van der Waals surface area contributed by atoms with E-state index in [1.54, 1.807) is 31.0 Å².